The Morgan fingerprint density at radius 3 is 3.00 bits per heavy atom. The first kappa shape index (κ1) is 15.3. The third kappa shape index (κ3) is 3.52. The molecule has 0 saturated carbocycles. The summed E-state index contributed by atoms with van der Waals surface area (Å²) < 4.78 is 5.72. The molecule has 108 valence electrons. The van der Waals surface area contributed by atoms with Gasteiger partial charge in [0.2, 0.25) is 0 Å². The smallest absolute Gasteiger partial charge is 0.329 e. The first-order chi connectivity index (χ1) is 9.63. The molecule has 0 radical (unpaired) electrons. The van der Waals surface area contributed by atoms with E-state index in [4.69, 9.17) is 4.74 Å². The van der Waals surface area contributed by atoms with Crippen molar-refractivity contribution >= 4 is 39.6 Å². The van der Waals surface area contributed by atoms with Crippen molar-refractivity contribution in [1.82, 2.24) is 9.88 Å². The maximum Gasteiger partial charge on any atom is 0.329 e. The summed E-state index contributed by atoms with van der Waals surface area (Å²) >= 11 is 4.89. The normalized spacial score (nSPS) is 18.7. The van der Waals surface area contributed by atoms with Crippen molar-refractivity contribution in [3.8, 4) is 0 Å². The van der Waals surface area contributed by atoms with E-state index in [0.29, 0.717) is 29.1 Å². The Morgan fingerprint density at radius 2 is 2.35 bits per heavy atom. The molecule has 1 atom stereocenters. The second-order valence-electron chi connectivity index (χ2n) is 4.21. The summed E-state index contributed by atoms with van der Waals surface area (Å²) in [7, 11) is 0. The molecule has 0 aromatic carbocycles. The topological polar surface area (TPSA) is 59.5 Å². The number of thioether (sulfide) groups is 1. The van der Waals surface area contributed by atoms with Crippen LogP contribution in [0, 0.1) is 0 Å². The largest absolute Gasteiger partial charge is 0.464 e. The van der Waals surface area contributed by atoms with Gasteiger partial charge in [-0.25, -0.2) is 9.78 Å². The van der Waals surface area contributed by atoms with E-state index in [1.165, 1.54) is 6.20 Å². The van der Waals surface area contributed by atoms with Gasteiger partial charge in [-0.15, -0.1) is 0 Å². The molecule has 0 bridgehead atoms. The Bertz CT molecular complexity index is 495. The first-order valence-corrected chi connectivity index (χ1v) is 8.25. The van der Waals surface area contributed by atoms with E-state index in [2.05, 4.69) is 20.9 Å². The molecule has 1 aromatic heterocycles. The number of amides is 1. The van der Waals surface area contributed by atoms with Gasteiger partial charge in [-0.05, 0) is 35.0 Å². The number of halogens is 1. The minimum atomic E-state index is -0.509. The molecule has 0 spiro atoms. The number of ether oxygens (including phenoxy) is 1. The van der Waals surface area contributed by atoms with Crippen molar-refractivity contribution in [3.05, 3.63) is 28.5 Å². The summed E-state index contributed by atoms with van der Waals surface area (Å²) in [5, 5.41) is 0. The van der Waals surface area contributed by atoms with Crippen molar-refractivity contribution in [2.75, 3.05) is 24.7 Å². The van der Waals surface area contributed by atoms with Crippen molar-refractivity contribution < 1.29 is 14.3 Å². The van der Waals surface area contributed by atoms with Crippen LogP contribution < -0.4 is 0 Å². The summed E-state index contributed by atoms with van der Waals surface area (Å²) in [6.07, 6.45) is 1.51. The summed E-state index contributed by atoms with van der Waals surface area (Å²) in [5.41, 5.74) is 0.481. The molecule has 1 saturated heterocycles. The highest BCUT2D eigenvalue weighted by Crippen LogP contribution is 2.20. The Labute approximate surface area is 130 Å². The number of carbonyl (C=O) groups excluding carboxylic acids is 2. The van der Waals surface area contributed by atoms with Gasteiger partial charge in [-0.3, -0.25) is 4.79 Å². The standard InChI is InChI=1S/C13H15BrN2O3S/c1-2-19-13(18)10-8-20-6-5-16(10)12(17)9-3-4-11(14)15-7-9/h3-4,7,10H,2,5-6,8H2,1H3. The van der Waals surface area contributed by atoms with E-state index in [1.54, 1.807) is 35.7 Å². The zero-order valence-electron chi connectivity index (χ0n) is 11.0. The third-order valence-corrected chi connectivity index (χ3v) is 4.41. The number of carbonyl (C=O) groups is 2. The fourth-order valence-electron chi connectivity index (χ4n) is 1.95. The Kier molecular flexibility index (Phi) is 5.42. The molecule has 1 unspecified atom stereocenters. The maximum atomic E-state index is 12.5. The van der Waals surface area contributed by atoms with Crippen LogP contribution in [0.25, 0.3) is 0 Å². The number of pyridine rings is 1. The summed E-state index contributed by atoms with van der Waals surface area (Å²) in [4.78, 5) is 30.1. The molecule has 0 N–H and O–H groups in total. The SMILES string of the molecule is CCOC(=O)C1CSCCN1C(=O)c1ccc(Br)nc1. The molecule has 20 heavy (non-hydrogen) atoms. The van der Waals surface area contributed by atoms with Crippen LogP contribution in [0.2, 0.25) is 0 Å². The maximum absolute atomic E-state index is 12.5. The molecule has 0 aliphatic carbocycles. The lowest BCUT2D eigenvalue weighted by Gasteiger charge is -2.33. The Balaban J connectivity index is 2.16. The number of hydrogen-bond acceptors (Lipinski definition) is 5. The van der Waals surface area contributed by atoms with Crippen LogP contribution in [0.1, 0.15) is 17.3 Å². The minimum Gasteiger partial charge on any atom is -0.464 e. The molecule has 1 fully saturated rings. The average Bonchev–Trinajstić information content (AvgIpc) is 2.47. The van der Waals surface area contributed by atoms with E-state index < -0.39 is 6.04 Å². The van der Waals surface area contributed by atoms with Crippen molar-refractivity contribution in [2.45, 2.75) is 13.0 Å². The number of nitrogens with zero attached hydrogens (tertiary/aromatic N) is 2. The van der Waals surface area contributed by atoms with Crippen LogP contribution in [0.4, 0.5) is 0 Å². The Morgan fingerprint density at radius 1 is 1.55 bits per heavy atom. The molecule has 1 aromatic rings. The lowest BCUT2D eigenvalue weighted by Crippen LogP contribution is -2.51. The van der Waals surface area contributed by atoms with Gasteiger partial charge in [0.25, 0.3) is 5.91 Å². The van der Waals surface area contributed by atoms with Crippen molar-refractivity contribution in [2.24, 2.45) is 0 Å². The minimum absolute atomic E-state index is 0.177. The molecule has 1 aliphatic rings. The molecule has 1 aliphatic heterocycles. The highest BCUT2D eigenvalue weighted by atomic mass is 79.9. The van der Waals surface area contributed by atoms with Crippen LogP contribution >= 0.6 is 27.7 Å². The number of rotatable bonds is 3. The van der Waals surface area contributed by atoms with E-state index in [1.807, 2.05) is 0 Å². The van der Waals surface area contributed by atoms with Crippen LogP contribution in [-0.4, -0.2) is 52.5 Å². The zero-order chi connectivity index (χ0) is 14.5. The fourth-order valence-corrected chi connectivity index (χ4v) is 3.21. The summed E-state index contributed by atoms with van der Waals surface area (Å²) in [6.45, 7) is 2.63. The quantitative estimate of drug-likeness (QED) is 0.610. The van der Waals surface area contributed by atoms with Gasteiger partial charge in [0.1, 0.15) is 10.6 Å². The zero-order valence-corrected chi connectivity index (χ0v) is 13.4. The predicted octanol–water partition coefficient (Wildman–Crippen LogP) is 1.96. The Hall–Kier alpha value is -1.08. The predicted molar refractivity (Wildman–Crippen MR) is 80.7 cm³/mol. The fraction of sp³-hybridized carbons (Fsp3) is 0.462. The van der Waals surface area contributed by atoms with Crippen LogP contribution in [0.5, 0.6) is 0 Å². The second-order valence-corrected chi connectivity index (χ2v) is 6.17. The van der Waals surface area contributed by atoms with E-state index in [0.717, 1.165) is 5.75 Å². The van der Waals surface area contributed by atoms with Gasteiger partial charge in [-0.1, -0.05) is 0 Å². The molecule has 1 amide bonds. The molecule has 7 heteroatoms. The van der Waals surface area contributed by atoms with Crippen LogP contribution in [0.3, 0.4) is 0 Å². The van der Waals surface area contributed by atoms with Crippen molar-refractivity contribution in [1.29, 1.82) is 0 Å². The summed E-state index contributed by atoms with van der Waals surface area (Å²) in [5.74, 6) is 0.890. The van der Waals surface area contributed by atoms with Gasteiger partial charge in [0.15, 0.2) is 0 Å². The van der Waals surface area contributed by atoms with Crippen molar-refractivity contribution in [3.63, 3.8) is 0 Å². The average molecular weight is 359 g/mol. The van der Waals surface area contributed by atoms with E-state index in [-0.39, 0.29) is 11.9 Å². The molecule has 2 rings (SSSR count). The molecular weight excluding hydrogens is 344 g/mol. The third-order valence-electron chi connectivity index (χ3n) is 2.92. The highest BCUT2D eigenvalue weighted by molar-refractivity contribution is 9.10. The van der Waals surface area contributed by atoms with Gasteiger partial charge in [0, 0.05) is 24.2 Å². The van der Waals surface area contributed by atoms with Gasteiger partial charge in [-0.2, -0.15) is 11.8 Å². The lowest BCUT2D eigenvalue weighted by molar-refractivity contribution is -0.147. The monoisotopic (exact) mass is 358 g/mol. The van der Waals surface area contributed by atoms with Crippen LogP contribution in [-0.2, 0) is 9.53 Å². The van der Waals surface area contributed by atoms with E-state index >= 15 is 0 Å². The van der Waals surface area contributed by atoms with Gasteiger partial charge in [0.05, 0.1) is 12.2 Å². The number of esters is 1. The van der Waals surface area contributed by atoms with E-state index in [9.17, 15) is 9.59 Å². The molecule has 5 nitrogen and oxygen atoms in total. The second kappa shape index (κ2) is 7.08. The lowest BCUT2D eigenvalue weighted by atomic mass is 10.2. The highest BCUT2D eigenvalue weighted by Gasteiger charge is 2.34. The molecular formula is C13H15BrN2O3S. The van der Waals surface area contributed by atoms with Crippen LogP contribution in [0.15, 0.2) is 22.9 Å². The molecule has 2 heterocycles. The van der Waals surface area contributed by atoms with Gasteiger partial charge >= 0.3 is 5.97 Å². The number of hydrogen-bond donors (Lipinski definition) is 0. The van der Waals surface area contributed by atoms with Gasteiger partial charge < -0.3 is 9.64 Å². The summed E-state index contributed by atoms with van der Waals surface area (Å²) in [6, 6.07) is 2.90. The number of aromatic nitrogens is 1. The first-order valence-electron chi connectivity index (χ1n) is 6.30.